The topological polar surface area (TPSA) is 66.4 Å². The minimum absolute atomic E-state index is 0.0564. The van der Waals surface area contributed by atoms with Crippen molar-refractivity contribution in [2.45, 2.75) is 45.6 Å². The second kappa shape index (κ2) is 8.25. The average Bonchev–Trinajstić information content (AvgIpc) is 2.44. The van der Waals surface area contributed by atoms with E-state index in [9.17, 15) is 9.59 Å². The zero-order valence-electron chi connectivity index (χ0n) is 12.8. The van der Waals surface area contributed by atoms with Crippen LogP contribution in [0.3, 0.4) is 0 Å². The van der Waals surface area contributed by atoms with Crippen molar-refractivity contribution in [1.29, 1.82) is 0 Å². The monoisotopic (exact) mass is 289 g/mol. The number of aliphatic carboxylic acids is 1. The van der Waals surface area contributed by atoms with E-state index in [4.69, 9.17) is 5.11 Å². The molecule has 1 unspecified atom stereocenters. The number of hydrogen-bond acceptors (Lipinski definition) is 2. The molecule has 0 aliphatic carbocycles. The van der Waals surface area contributed by atoms with Crippen LogP contribution < -0.4 is 5.32 Å². The Balaban J connectivity index is 2.58. The van der Waals surface area contributed by atoms with Gasteiger partial charge in [0.2, 0.25) is 5.91 Å². The second-order valence-electron chi connectivity index (χ2n) is 5.37. The predicted octanol–water partition coefficient (Wildman–Crippen LogP) is 3.19. The van der Waals surface area contributed by atoms with E-state index in [1.807, 2.05) is 31.2 Å². The summed E-state index contributed by atoms with van der Waals surface area (Å²) in [5, 5.41) is 11.4. The van der Waals surface area contributed by atoms with Crippen molar-refractivity contribution in [2.24, 2.45) is 0 Å². The van der Waals surface area contributed by atoms with Crippen molar-refractivity contribution < 1.29 is 14.7 Å². The molecule has 0 heterocycles. The maximum atomic E-state index is 11.8. The summed E-state index contributed by atoms with van der Waals surface area (Å²) in [6.45, 7) is 6.11. The van der Waals surface area contributed by atoms with Gasteiger partial charge in [-0.3, -0.25) is 9.59 Å². The molecule has 0 fully saturated rings. The fourth-order valence-electron chi connectivity index (χ4n) is 1.92. The van der Waals surface area contributed by atoms with Gasteiger partial charge < -0.3 is 10.4 Å². The van der Waals surface area contributed by atoms with Crippen LogP contribution in [0.2, 0.25) is 0 Å². The first-order valence-corrected chi connectivity index (χ1v) is 7.22. The smallest absolute Gasteiger partial charge is 0.305 e. The van der Waals surface area contributed by atoms with Gasteiger partial charge in [-0.15, -0.1) is 0 Å². The van der Waals surface area contributed by atoms with Gasteiger partial charge in [0.25, 0.3) is 0 Å². The highest BCUT2D eigenvalue weighted by Gasteiger charge is 2.12. The van der Waals surface area contributed by atoms with Crippen molar-refractivity contribution in [1.82, 2.24) is 5.32 Å². The summed E-state index contributed by atoms with van der Waals surface area (Å²) in [6.07, 6.45) is 3.70. The first-order chi connectivity index (χ1) is 9.92. The van der Waals surface area contributed by atoms with E-state index in [0.29, 0.717) is 12.3 Å². The molecule has 21 heavy (non-hydrogen) atoms. The zero-order chi connectivity index (χ0) is 15.8. The number of carboxylic acids is 1. The van der Waals surface area contributed by atoms with Gasteiger partial charge >= 0.3 is 5.97 Å². The molecule has 0 radical (unpaired) electrons. The van der Waals surface area contributed by atoms with E-state index in [0.717, 1.165) is 5.56 Å². The van der Waals surface area contributed by atoms with Crippen molar-refractivity contribution in [2.75, 3.05) is 0 Å². The van der Waals surface area contributed by atoms with Crippen LogP contribution in [0.5, 0.6) is 0 Å². The lowest BCUT2D eigenvalue weighted by molar-refractivity contribution is -0.137. The summed E-state index contributed by atoms with van der Waals surface area (Å²) in [5.74, 6) is -0.695. The maximum absolute atomic E-state index is 11.8. The zero-order valence-corrected chi connectivity index (χ0v) is 12.8. The molecule has 0 spiro atoms. The summed E-state index contributed by atoms with van der Waals surface area (Å²) in [5.41, 5.74) is 2.20. The van der Waals surface area contributed by atoms with Gasteiger partial charge in [-0.25, -0.2) is 0 Å². The highest BCUT2D eigenvalue weighted by atomic mass is 16.4. The number of carboxylic acid groups (broad SMARTS) is 1. The average molecular weight is 289 g/mol. The van der Waals surface area contributed by atoms with Crippen molar-refractivity contribution >= 4 is 18.0 Å². The van der Waals surface area contributed by atoms with E-state index >= 15 is 0 Å². The van der Waals surface area contributed by atoms with Gasteiger partial charge in [-0.1, -0.05) is 45.0 Å². The van der Waals surface area contributed by atoms with Crippen molar-refractivity contribution in [3.05, 3.63) is 41.5 Å². The molecule has 1 aromatic rings. The van der Waals surface area contributed by atoms with Gasteiger partial charge in [-0.2, -0.15) is 0 Å². The van der Waals surface area contributed by atoms with Crippen LogP contribution in [0.25, 0.3) is 6.08 Å². The molecular formula is C17H23NO3. The normalized spacial score (nSPS) is 12.6. The Morgan fingerprint density at radius 3 is 2.33 bits per heavy atom. The molecule has 4 heteroatoms. The molecule has 0 aliphatic rings. The Morgan fingerprint density at radius 2 is 1.86 bits per heavy atom. The highest BCUT2D eigenvalue weighted by Crippen LogP contribution is 2.15. The van der Waals surface area contributed by atoms with Crippen LogP contribution in [0.1, 0.15) is 50.7 Å². The minimum Gasteiger partial charge on any atom is -0.481 e. The Bertz CT molecular complexity index is 503. The molecule has 2 N–H and O–H groups in total. The van der Waals surface area contributed by atoms with Gasteiger partial charge in [-0.05, 0) is 29.5 Å². The van der Waals surface area contributed by atoms with E-state index in [1.54, 1.807) is 6.08 Å². The van der Waals surface area contributed by atoms with Crippen LogP contribution in [0.4, 0.5) is 0 Å². The summed E-state index contributed by atoms with van der Waals surface area (Å²) < 4.78 is 0. The van der Waals surface area contributed by atoms with E-state index in [1.165, 1.54) is 11.6 Å². The summed E-state index contributed by atoms with van der Waals surface area (Å²) in [4.78, 5) is 22.4. The van der Waals surface area contributed by atoms with Gasteiger partial charge in [0.1, 0.15) is 0 Å². The minimum atomic E-state index is -0.907. The molecule has 4 nitrogen and oxygen atoms in total. The fourth-order valence-corrected chi connectivity index (χ4v) is 1.92. The molecular weight excluding hydrogens is 266 g/mol. The molecule has 114 valence electrons. The van der Waals surface area contributed by atoms with Crippen LogP contribution in [0.15, 0.2) is 30.3 Å². The molecule has 0 aliphatic heterocycles. The van der Waals surface area contributed by atoms with Crippen molar-refractivity contribution in [3.63, 3.8) is 0 Å². The molecule has 1 rings (SSSR count). The van der Waals surface area contributed by atoms with E-state index in [2.05, 4.69) is 19.2 Å². The quantitative estimate of drug-likeness (QED) is 0.758. The number of amides is 1. The third kappa shape index (κ3) is 6.25. The highest BCUT2D eigenvalue weighted by molar-refractivity contribution is 5.92. The second-order valence-corrected chi connectivity index (χ2v) is 5.37. The number of nitrogens with one attached hydrogen (secondary N) is 1. The van der Waals surface area contributed by atoms with E-state index in [-0.39, 0.29) is 18.4 Å². The van der Waals surface area contributed by atoms with Gasteiger partial charge in [0.15, 0.2) is 0 Å². The van der Waals surface area contributed by atoms with Gasteiger partial charge in [0, 0.05) is 12.1 Å². The Hall–Kier alpha value is -2.10. The lowest BCUT2D eigenvalue weighted by Gasteiger charge is -2.12. The number of carbonyl (C=O) groups excluding carboxylic acids is 1. The van der Waals surface area contributed by atoms with Gasteiger partial charge in [0.05, 0.1) is 6.42 Å². The molecule has 1 aromatic carbocycles. The molecule has 1 amide bonds. The SMILES string of the molecule is CCC(CC(=O)O)NC(=O)/C=C/c1ccc(C(C)C)cc1. The first kappa shape index (κ1) is 17.0. The molecule has 0 aromatic heterocycles. The maximum Gasteiger partial charge on any atom is 0.305 e. The number of rotatable bonds is 7. The molecule has 0 saturated carbocycles. The fraction of sp³-hybridized carbons (Fsp3) is 0.412. The summed E-state index contributed by atoms with van der Waals surface area (Å²) in [6, 6.07) is 7.69. The van der Waals surface area contributed by atoms with Crippen LogP contribution >= 0.6 is 0 Å². The standard InChI is InChI=1S/C17H23NO3/c1-4-15(11-17(20)21)18-16(19)10-7-13-5-8-14(9-6-13)12(2)3/h5-10,12,15H,4,11H2,1-3H3,(H,18,19)(H,20,21)/b10-7+. The lowest BCUT2D eigenvalue weighted by Crippen LogP contribution is -2.34. The molecule has 1 atom stereocenters. The predicted molar refractivity (Wildman–Crippen MR) is 84.0 cm³/mol. The number of carbonyl (C=O) groups is 2. The summed E-state index contributed by atoms with van der Waals surface area (Å²) in [7, 11) is 0. The summed E-state index contributed by atoms with van der Waals surface area (Å²) >= 11 is 0. The number of benzene rings is 1. The van der Waals surface area contributed by atoms with Crippen molar-refractivity contribution in [3.8, 4) is 0 Å². The van der Waals surface area contributed by atoms with Crippen LogP contribution in [-0.2, 0) is 9.59 Å². The first-order valence-electron chi connectivity index (χ1n) is 7.22. The molecule has 0 saturated heterocycles. The Morgan fingerprint density at radius 1 is 1.24 bits per heavy atom. The molecule has 0 bridgehead atoms. The Labute approximate surface area is 125 Å². The largest absolute Gasteiger partial charge is 0.481 e. The van der Waals surface area contributed by atoms with Crippen LogP contribution in [0, 0.1) is 0 Å². The third-order valence-corrected chi connectivity index (χ3v) is 3.29. The third-order valence-electron chi connectivity index (χ3n) is 3.29. The van der Waals surface area contributed by atoms with Crippen LogP contribution in [-0.4, -0.2) is 23.0 Å². The van der Waals surface area contributed by atoms with E-state index < -0.39 is 5.97 Å². The lowest BCUT2D eigenvalue weighted by atomic mass is 10.0. The number of hydrogen-bond donors (Lipinski definition) is 2. The Kier molecular flexibility index (Phi) is 6.66.